The molecular weight excluding hydrogens is 1860 g/mol. The van der Waals surface area contributed by atoms with E-state index in [0.717, 1.165) is 4.90 Å². The monoisotopic (exact) mass is 2010 g/mol. The van der Waals surface area contributed by atoms with Gasteiger partial charge in [0, 0.05) is 58.3 Å². The Balaban J connectivity index is 1.58. The number of rotatable bonds is 65. The minimum atomic E-state index is -1.89. The van der Waals surface area contributed by atoms with Gasteiger partial charge in [-0.3, -0.25) is 102 Å². The van der Waals surface area contributed by atoms with Crippen LogP contribution in [0.15, 0.2) is 54.6 Å². The van der Waals surface area contributed by atoms with E-state index in [-0.39, 0.29) is 146 Å². The molecule has 17 atom stereocenters. The van der Waals surface area contributed by atoms with Gasteiger partial charge in [0.1, 0.15) is 96.4 Å². The standard InChI is InChI=1S/C90H143N25O27/c1-7-49(6)72(87(140)115-38-16-23-67(115)84(137)109-61(41-50-17-9-8-10-18-50)80(133)107-60(40-48(4)5)79(132)106-59(39-47(2)3)78(131)102-55(21-14-36-99-90(96)97)76(129)103-56(29-32-70(122)123)77(130)105-58(88(141)142)30-33-71(124)125)113-81(134)62(42-51-24-26-52(119)27-25-51)108-83(136)65(46-118)112-85(138)66-22-15-37-114(66)86(139)57(28-31-68(93)120)104-82(135)64(45-117)111-75(128)54(20-11-12-34-91)101-69(121)43-100-74(127)63(44-116)110-73(126)53(92)19-13-35-98-89(94)95/h8-10,17-18,24-27,47-49,53-67,72,116-119H,7,11-16,19-23,28-46,91-92H2,1-6H3,(H2,93,120)(H,100,127)(H,101,121)(H,102,131)(H,103,129)(H,104,135)(H,105,130)(H,106,132)(H,107,133)(H,108,136)(H,109,137)(H,110,126)(H,111,128)(H,112,138)(H,113,134)(H,122,123)(H,124,125)(H,141,142)(H4,94,95,98)(H4,96,97,99)/t49-,53-,54-,55-,56-,57-,58-,59-,60-,61-,62-,63-,64-,65-,66-,67-,72-/m0/s1. The topological polar surface area (TPSA) is 860 Å². The molecule has 2 fully saturated rings. The zero-order valence-electron chi connectivity index (χ0n) is 80.7. The number of carboxylic acids is 3. The molecule has 0 aromatic heterocycles. The average molecular weight is 2010 g/mol. The predicted molar refractivity (Wildman–Crippen MR) is 508 cm³/mol. The normalized spacial score (nSPS) is 16.5. The van der Waals surface area contributed by atoms with E-state index in [0.29, 0.717) is 24.0 Å². The Bertz CT molecular complexity index is 4630. The summed E-state index contributed by atoms with van der Waals surface area (Å²) in [6.45, 7) is 6.33. The summed E-state index contributed by atoms with van der Waals surface area (Å²) in [6, 6.07) is -11.3. The molecule has 2 aliphatic heterocycles. The lowest BCUT2D eigenvalue weighted by atomic mass is 9.96. The highest BCUT2D eigenvalue weighted by Crippen LogP contribution is 2.25. The molecule has 0 aliphatic carbocycles. The summed E-state index contributed by atoms with van der Waals surface area (Å²) >= 11 is 0. The summed E-state index contributed by atoms with van der Waals surface area (Å²) in [7, 11) is 0. The summed E-state index contributed by atoms with van der Waals surface area (Å²) in [5.74, 6) is -23.7. The van der Waals surface area contributed by atoms with Crippen molar-refractivity contribution in [2.45, 2.75) is 279 Å². The maximum absolute atomic E-state index is 15.3. The van der Waals surface area contributed by atoms with Crippen LogP contribution in [-0.2, 0) is 109 Å². The highest BCUT2D eigenvalue weighted by Gasteiger charge is 2.45. The van der Waals surface area contributed by atoms with Gasteiger partial charge in [-0.05, 0) is 150 Å². The highest BCUT2D eigenvalue weighted by molar-refractivity contribution is 6.02. The number of benzene rings is 2. The lowest BCUT2D eigenvalue weighted by Crippen LogP contribution is -2.62. The van der Waals surface area contributed by atoms with E-state index in [9.17, 15) is 112 Å². The number of guanidine groups is 2. The van der Waals surface area contributed by atoms with E-state index >= 15 is 19.2 Å². The molecule has 790 valence electrons. The number of nitrogens with one attached hydrogen (secondary N) is 18. The van der Waals surface area contributed by atoms with Crippen LogP contribution in [0.2, 0.25) is 0 Å². The van der Waals surface area contributed by atoms with E-state index in [1.165, 1.54) is 29.2 Å². The summed E-state index contributed by atoms with van der Waals surface area (Å²) in [4.78, 5) is 278. The number of aromatic hydroxyl groups is 1. The third kappa shape index (κ3) is 42.6. The highest BCUT2D eigenvalue weighted by atomic mass is 16.4. The summed E-state index contributed by atoms with van der Waals surface area (Å²) in [5, 5.41) is 125. The molecule has 2 heterocycles. The minimum Gasteiger partial charge on any atom is -0.508 e. The maximum atomic E-state index is 15.3. The van der Waals surface area contributed by atoms with Crippen LogP contribution in [0.1, 0.15) is 181 Å². The number of hydrogen-bond acceptors (Lipinski definition) is 28. The maximum Gasteiger partial charge on any atom is 0.326 e. The Labute approximate surface area is 820 Å². The second-order valence-corrected chi connectivity index (χ2v) is 35.7. The van der Waals surface area contributed by atoms with Crippen molar-refractivity contribution in [2.24, 2.45) is 46.4 Å². The summed E-state index contributed by atoms with van der Waals surface area (Å²) in [5.41, 5.74) is 28.7. The van der Waals surface area contributed by atoms with Crippen molar-refractivity contribution in [1.82, 2.24) is 94.9 Å². The number of aliphatic hydroxyl groups is 3. The zero-order valence-corrected chi connectivity index (χ0v) is 80.7. The Kier molecular flexibility index (Phi) is 52.7. The van der Waals surface area contributed by atoms with Crippen LogP contribution in [0, 0.1) is 28.6 Å². The predicted octanol–water partition coefficient (Wildman–Crippen LogP) is -8.24. The third-order valence-electron chi connectivity index (χ3n) is 23.3. The smallest absolute Gasteiger partial charge is 0.326 e. The first kappa shape index (κ1) is 120. The third-order valence-corrected chi connectivity index (χ3v) is 23.3. The molecule has 52 heteroatoms. The summed E-state index contributed by atoms with van der Waals surface area (Å²) < 4.78 is 0. The fourth-order valence-electron chi connectivity index (χ4n) is 15.4. The number of carboxylic acid groups (broad SMARTS) is 3. The molecule has 35 N–H and O–H groups in total. The molecule has 0 radical (unpaired) electrons. The fraction of sp³-hybridized carbons (Fsp3) is 0.622. The van der Waals surface area contributed by atoms with Crippen LogP contribution in [0.3, 0.4) is 0 Å². The summed E-state index contributed by atoms with van der Waals surface area (Å²) in [6.07, 6.45) is -3.33. The van der Waals surface area contributed by atoms with Gasteiger partial charge in [-0.25, -0.2) is 4.79 Å². The molecule has 2 saturated heterocycles. The second-order valence-electron chi connectivity index (χ2n) is 35.7. The molecule has 17 amide bonds. The van der Waals surface area contributed by atoms with Crippen molar-refractivity contribution in [3.05, 3.63) is 65.7 Å². The molecule has 142 heavy (non-hydrogen) atoms. The number of aliphatic carboxylic acids is 3. The first-order valence-electron chi connectivity index (χ1n) is 47.2. The Morgan fingerprint density at radius 2 is 0.789 bits per heavy atom. The van der Waals surface area contributed by atoms with Gasteiger partial charge in [-0.2, -0.15) is 0 Å². The molecule has 2 aromatic rings. The number of aliphatic hydroxyl groups excluding tert-OH is 3. The van der Waals surface area contributed by atoms with Crippen LogP contribution in [0.25, 0.3) is 0 Å². The Hall–Kier alpha value is -14.0. The van der Waals surface area contributed by atoms with E-state index in [2.05, 4.69) is 85.1 Å². The van der Waals surface area contributed by atoms with Gasteiger partial charge < -0.3 is 159 Å². The molecule has 52 nitrogen and oxygen atoms in total. The van der Waals surface area contributed by atoms with E-state index in [1.807, 2.05) is 0 Å². The van der Waals surface area contributed by atoms with Crippen molar-refractivity contribution in [1.29, 1.82) is 10.8 Å². The number of unbranched alkanes of at least 4 members (excludes halogenated alkanes) is 1. The number of phenols is 1. The number of nitrogens with zero attached hydrogens (tertiary/aromatic N) is 2. The molecule has 2 aliphatic rings. The van der Waals surface area contributed by atoms with Crippen LogP contribution in [0.5, 0.6) is 5.75 Å². The van der Waals surface area contributed by atoms with Crippen molar-refractivity contribution >= 4 is 130 Å². The quantitative estimate of drug-likeness (QED) is 0.0166. The number of nitrogens with two attached hydrogens (primary N) is 5. The van der Waals surface area contributed by atoms with Gasteiger partial charge in [0.2, 0.25) is 100 Å². The lowest BCUT2D eigenvalue weighted by Gasteiger charge is -2.33. The molecule has 0 spiro atoms. The first-order chi connectivity index (χ1) is 67.1. The van der Waals surface area contributed by atoms with Crippen LogP contribution in [0.4, 0.5) is 0 Å². The van der Waals surface area contributed by atoms with Crippen molar-refractivity contribution in [3.63, 3.8) is 0 Å². The van der Waals surface area contributed by atoms with Crippen molar-refractivity contribution < 1.29 is 132 Å². The molecule has 0 unspecified atom stereocenters. The van der Waals surface area contributed by atoms with Gasteiger partial charge in [-0.15, -0.1) is 0 Å². The van der Waals surface area contributed by atoms with Crippen LogP contribution in [-0.4, -0.2) is 332 Å². The second kappa shape index (κ2) is 62.2. The molecular formula is C90H143N25O27. The SMILES string of the molecule is CC[C@H](C)[C@H](NC(=O)[C@H](Cc1ccc(O)cc1)NC(=O)[C@H](CO)NC(=O)[C@@H]1CCCN1C(=O)[C@H](CCC(N)=O)NC(=O)[C@H](CO)NC(=O)[C@H](CCCCN)NC(=O)CNC(=O)[C@H](CO)NC(=O)[C@@H](N)CCCNC(=N)N)C(=O)N1CCC[C@H]1C(=O)N[C@@H](Cc1ccccc1)C(=O)N[C@@H](CC(C)C)C(=O)N[C@@H](CC(C)C)C(=O)N[C@@H](CCCNC(=N)N)C(=O)N[C@@H](CCC(=O)O)C(=O)N[C@@H](CCC(=O)O)C(=O)O. The largest absolute Gasteiger partial charge is 0.508 e. The van der Waals surface area contributed by atoms with Crippen LogP contribution < -0.4 is 114 Å². The number of carbonyl (C=O) groups is 20. The molecule has 0 saturated carbocycles. The molecule has 0 bridgehead atoms. The average Bonchev–Trinajstić information content (AvgIpc) is 1.64. The van der Waals surface area contributed by atoms with Gasteiger partial charge in [0.05, 0.1) is 32.4 Å². The molecule has 2 aromatic carbocycles. The van der Waals surface area contributed by atoms with Gasteiger partial charge in [-0.1, -0.05) is 90.4 Å². The van der Waals surface area contributed by atoms with Gasteiger partial charge in [0.15, 0.2) is 11.9 Å². The van der Waals surface area contributed by atoms with Gasteiger partial charge >= 0.3 is 17.9 Å². The number of carbonyl (C=O) groups excluding carboxylic acids is 17. The number of phenolic OH excluding ortho intramolecular Hbond substituents is 1. The number of hydrogen-bond donors (Lipinski definition) is 30. The van der Waals surface area contributed by atoms with E-state index < -0.39 is 292 Å². The Morgan fingerprint density at radius 3 is 1.27 bits per heavy atom. The van der Waals surface area contributed by atoms with Crippen molar-refractivity contribution in [3.8, 4) is 5.75 Å². The fourth-order valence-corrected chi connectivity index (χ4v) is 15.4. The molecule has 4 rings (SSSR count). The Morgan fingerprint density at radius 1 is 0.408 bits per heavy atom. The first-order valence-corrected chi connectivity index (χ1v) is 47.2. The lowest BCUT2D eigenvalue weighted by molar-refractivity contribution is -0.144. The van der Waals surface area contributed by atoms with Crippen LogP contribution >= 0.6 is 0 Å². The number of primary amides is 1. The number of likely N-dealkylation sites (tertiary alicyclic amines) is 2. The number of amides is 17. The minimum absolute atomic E-state index is 0.00860. The van der Waals surface area contributed by atoms with E-state index in [4.69, 9.17) is 39.5 Å². The zero-order chi connectivity index (χ0) is 106. The van der Waals surface area contributed by atoms with Gasteiger partial charge in [0.25, 0.3) is 0 Å². The van der Waals surface area contributed by atoms with Crippen molar-refractivity contribution in [2.75, 3.05) is 59.1 Å². The van der Waals surface area contributed by atoms with E-state index in [1.54, 1.807) is 71.9 Å².